The van der Waals surface area contributed by atoms with Gasteiger partial charge in [0.05, 0.1) is 128 Å². The predicted molar refractivity (Wildman–Crippen MR) is 498 cm³/mol. The van der Waals surface area contributed by atoms with Crippen LogP contribution < -0.4 is 31.9 Å². The van der Waals surface area contributed by atoms with E-state index in [1.54, 1.807) is 0 Å². The van der Waals surface area contributed by atoms with Crippen LogP contribution in [0.5, 0.6) is 0 Å². The number of terminal acetylenes is 1. The molecule has 20 bridgehead atoms. The van der Waals surface area contributed by atoms with Gasteiger partial charge in [0, 0.05) is 97.7 Å². The lowest BCUT2D eigenvalue weighted by molar-refractivity contribution is -1.09. The van der Waals surface area contributed by atoms with Gasteiger partial charge < -0.3 is 31.9 Å². The molecule has 24 rings (SSSR count). The van der Waals surface area contributed by atoms with Gasteiger partial charge in [-0.15, -0.1) is 26.8 Å². The van der Waals surface area contributed by atoms with Crippen LogP contribution in [0.4, 0.5) is 0 Å². The molecular weight excluding hydrogens is 1610 g/mol. The van der Waals surface area contributed by atoms with Gasteiger partial charge in [0.2, 0.25) is 0 Å². The van der Waals surface area contributed by atoms with Crippen LogP contribution >= 0.6 is 0 Å². The van der Waals surface area contributed by atoms with Crippen LogP contribution in [0.1, 0.15) is 271 Å². The Morgan fingerprint density at radius 1 is 0.367 bits per heavy atom. The summed E-state index contributed by atoms with van der Waals surface area (Å²) in [5, 5.41) is 84.2. The standard InChI is InChI=1S/2C17H29N4O.2C16H26N4.C12H16.4C4H10N4/c2*1-3-21(2,22)5-4-20-12-16(18-19-20)17-9-13-6-14(10-17)8-15(7-13)11-17;2*1-2-17-3-4-20-11-15(18-19-20)16-8-12-5-13(9-16)7-14(6-12)10-16;1-2-12-6-9-3-10(7-12)5-11(4-9)8-12;4*1-2-6-3-4-7-8-5/h2*12-15,22H,3-11H2,1-2H3;2*11-14,17H,2-10H2,1H3;1,9-11H,3-8H2;4*6H,2-4H2,1H3/q2*+1;;;;;;;/p+4. The molecule has 20 aliphatic rings. The number of hydrogen-bond acceptors (Lipinski definition) is 16. The summed E-state index contributed by atoms with van der Waals surface area (Å²) in [4.78, 5) is 10.4. The Labute approximate surface area is 764 Å². The Balaban J connectivity index is 0.000000144. The molecule has 4 heterocycles. The van der Waals surface area contributed by atoms with E-state index in [2.05, 4.69) is 181 Å². The molecule has 4 aromatic heterocycles. The maximum absolute atomic E-state index is 10.1. The molecule has 2 unspecified atom stereocenters. The highest BCUT2D eigenvalue weighted by Gasteiger charge is 2.57. The molecule has 2 atom stereocenters. The summed E-state index contributed by atoms with van der Waals surface area (Å²) in [7, 11) is 3.69. The first kappa shape index (κ1) is 101. The van der Waals surface area contributed by atoms with E-state index in [4.69, 9.17) is 28.5 Å². The van der Waals surface area contributed by atoms with E-state index in [9.17, 15) is 10.4 Å². The molecule has 0 saturated heterocycles. The van der Waals surface area contributed by atoms with Gasteiger partial charge >= 0.3 is 0 Å². The Hall–Kier alpha value is -7.04. The fraction of sp³-hybridized carbons (Fsp3) is 0.894. The molecule has 34 nitrogen and oxygen atoms in total. The molecule has 12 N–H and O–H groups in total. The second-order valence-electron chi connectivity index (χ2n) is 42.8. The lowest BCUT2D eigenvalue weighted by Crippen LogP contribution is -2.84. The van der Waals surface area contributed by atoms with Crippen molar-refractivity contribution in [1.29, 1.82) is 0 Å². The van der Waals surface area contributed by atoms with Crippen molar-refractivity contribution in [3.05, 3.63) is 89.3 Å². The van der Waals surface area contributed by atoms with Gasteiger partial charge in [0.25, 0.3) is 0 Å². The highest BCUT2D eigenvalue weighted by molar-refractivity contribution is 5.24. The number of nitrogens with zero attached hydrogens (tertiary/aromatic N) is 26. The molecule has 20 aliphatic carbocycles. The largest absolute Gasteiger partial charge is 0.346 e. The number of nitrogens with one attached hydrogen (secondary N) is 2. The van der Waals surface area contributed by atoms with E-state index in [0.717, 1.165) is 207 Å². The van der Waals surface area contributed by atoms with E-state index in [-0.39, 0.29) is 9.29 Å². The molecule has 20 saturated carbocycles. The maximum Gasteiger partial charge on any atom is 0.128 e. The van der Waals surface area contributed by atoms with E-state index in [0.29, 0.717) is 66.3 Å². The number of hydrogen-bond donors (Lipinski definition) is 8. The fourth-order valence-corrected chi connectivity index (χ4v) is 27.9. The maximum atomic E-state index is 10.1. The van der Waals surface area contributed by atoms with Gasteiger partial charge in [-0.1, -0.05) is 61.1 Å². The minimum atomic E-state index is 0.0482. The highest BCUT2D eigenvalue weighted by atomic mass is 16.5. The van der Waals surface area contributed by atoms with Crippen molar-refractivity contribution in [3.8, 4) is 12.3 Å². The number of aromatic nitrogens is 12. The van der Waals surface area contributed by atoms with Crippen LogP contribution in [0.3, 0.4) is 0 Å². The van der Waals surface area contributed by atoms with Gasteiger partial charge in [0.1, 0.15) is 26.2 Å². The zero-order valence-corrected chi connectivity index (χ0v) is 80.6. The van der Waals surface area contributed by atoms with Gasteiger partial charge in [-0.2, -0.15) is 9.29 Å². The third kappa shape index (κ3) is 29.0. The first-order chi connectivity index (χ1) is 62.0. The topological polar surface area (TPSA) is 449 Å². The van der Waals surface area contributed by atoms with E-state index in [1.165, 1.54) is 215 Å². The second kappa shape index (κ2) is 49.6. The minimum absolute atomic E-state index is 0.0482. The Bertz CT molecular complexity index is 3730. The summed E-state index contributed by atoms with van der Waals surface area (Å²) in [6, 6.07) is 0. The monoisotopic (exact) mass is 1780 g/mol. The molecule has 0 aromatic carbocycles. The number of azide groups is 4. The van der Waals surface area contributed by atoms with Crippen molar-refractivity contribution >= 4 is 0 Å². The first-order valence-corrected chi connectivity index (χ1v) is 50.9. The summed E-state index contributed by atoms with van der Waals surface area (Å²) in [6.45, 7) is 37.0. The van der Waals surface area contributed by atoms with Gasteiger partial charge in [-0.05, 0) is 358 Å². The van der Waals surface area contributed by atoms with Crippen LogP contribution in [0.15, 0.2) is 45.2 Å². The molecule has 712 valence electrons. The van der Waals surface area contributed by atoms with Crippen molar-refractivity contribution in [3.63, 3.8) is 0 Å². The van der Waals surface area contributed by atoms with Crippen molar-refractivity contribution in [2.45, 2.75) is 296 Å². The van der Waals surface area contributed by atoms with Crippen LogP contribution in [0.2, 0.25) is 0 Å². The summed E-state index contributed by atoms with van der Waals surface area (Å²) >= 11 is 0. The molecule has 20 fully saturated rings. The normalized spacial score (nSPS) is 32.7. The molecule has 34 heteroatoms. The Morgan fingerprint density at radius 3 is 0.797 bits per heavy atom. The third-order valence-corrected chi connectivity index (χ3v) is 32.5. The Morgan fingerprint density at radius 2 is 0.586 bits per heavy atom. The van der Waals surface area contributed by atoms with Crippen molar-refractivity contribution in [1.82, 2.24) is 70.6 Å². The molecule has 0 aliphatic heterocycles. The lowest BCUT2D eigenvalue weighted by atomic mass is 9.49. The summed E-state index contributed by atoms with van der Waals surface area (Å²) in [5.41, 5.74) is 38.1. The molecular formula is C94H170N32O2+6. The van der Waals surface area contributed by atoms with Crippen molar-refractivity contribution in [2.75, 3.05) is 145 Å². The molecule has 0 amide bonds. The average molecular weight is 1780 g/mol. The zero-order chi connectivity index (χ0) is 91.1. The van der Waals surface area contributed by atoms with Gasteiger partial charge in [-0.25, -0.2) is 29.1 Å². The highest BCUT2D eigenvalue weighted by Crippen LogP contribution is 2.65. The second-order valence-corrected chi connectivity index (χ2v) is 42.8. The summed E-state index contributed by atoms with van der Waals surface area (Å²) in [5.74, 6) is 17.7. The fourth-order valence-electron chi connectivity index (χ4n) is 27.9. The van der Waals surface area contributed by atoms with Crippen LogP contribution in [-0.4, -0.2) is 225 Å². The van der Waals surface area contributed by atoms with Gasteiger partial charge in [0.15, 0.2) is 0 Å². The molecule has 0 radical (unpaired) electrons. The molecule has 128 heavy (non-hydrogen) atoms. The smallest absolute Gasteiger partial charge is 0.128 e. The van der Waals surface area contributed by atoms with E-state index in [1.807, 2.05) is 51.2 Å². The van der Waals surface area contributed by atoms with E-state index >= 15 is 0 Å². The summed E-state index contributed by atoms with van der Waals surface area (Å²) < 4.78 is 8.12. The Kier molecular flexibility index (Phi) is 39.3. The van der Waals surface area contributed by atoms with Gasteiger partial charge in [-0.3, -0.25) is 0 Å². The van der Waals surface area contributed by atoms with E-state index < -0.39 is 0 Å². The van der Waals surface area contributed by atoms with Crippen LogP contribution in [-0.2, 0) is 47.8 Å². The summed E-state index contributed by atoms with van der Waals surface area (Å²) in [6.07, 6.45) is 57.2. The van der Waals surface area contributed by atoms with Crippen LogP contribution in [0, 0.1) is 107 Å². The van der Waals surface area contributed by atoms with Crippen LogP contribution in [0.25, 0.3) is 41.8 Å². The van der Waals surface area contributed by atoms with Crippen molar-refractivity contribution < 1.29 is 41.0 Å². The minimum Gasteiger partial charge on any atom is -0.346 e. The first-order valence-electron chi connectivity index (χ1n) is 50.9. The molecule has 0 spiro atoms. The number of quaternary nitrogens is 6. The lowest BCUT2D eigenvalue weighted by Gasteiger charge is -2.56. The number of rotatable bonds is 36. The number of likely N-dealkylation sites (N-methyl/N-ethyl adjacent to an activating group) is 8. The molecule has 4 aromatic rings. The third-order valence-electron chi connectivity index (χ3n) is 32.5. The van der Waals surface area contributed by atoms with Crippen molar-refractivity contribution in [2.24, 2.45) is 115 Å². The SMILES string of the molecule is C#CC12CC3CC(CC(C3)C1)C2.CCNCCN=[N+]=[N-].CCNCCN=[N+]=[N-].CC[N+](C)(O)CCn1cc(C23CC4CC(CC(C4)C2)C3)nn1.CC[N+](C)(O)CCn1cc(C23CC4CC(CC(C4)C2)C3)nn1.CC[NH2+]CCN=[N+]=[N-].CC[NH2+]CCN=[N+]=[N-].CC[NH2+]CCn1cc(C23CC4CC(CC(C4)C2)C3)nn1.CC[NH2+]CCn1cc(C23CC4CC(CC(C4)C2)C3)nn1. The number of hydroxylamine groups is 6. The quantitative estimate of drug-likeness (QED) is 0.00401. The zero-order valence-electron chi connectivity index (χ0n) is 80.6. The predicted octanol–water partition coefficient (Wildman–Crippen LogP) is 12.3. The number of nitrogens with two attached hydrogens (primary N) is 4. The average Bonchev–Trinajstić information content (AvgIpc) is 1.27.